The van der Waals surface area contributed by atoms with Crippen molar-refractivity contribution in [3.05, 3.63) is 81.1 Å². The van der Waals surface area contributed by atoms with Crippen molar-refractivity contribution in [2.45, 2.75) is 26.4 Å². The van der Waals surface area contributed by atoms with Crippen LogP contribution in [0.25, 0.3) is 16.6 Å². The van der Waals surface area contributed by atoms with Crippen LogP contribution in [0.2, 0.25) is 5.02 Å². The number of imidazole rings is 1. The van der Waals surface area contributed by atoms with E-state index in [1.54, 1.807) is 40.2 Å². The van der Waals surface area contributed by atoms with Gasteiger partial charge in [-0.05, 0) is 43.7 Å². The molecule has 0 radical (unpaired) electrons. The lowest BCUT2D eigenvalue weighted by molar-refractivity contribution is 0.0629. The molecule has 1 amide bonds. The first-order valence-electron chi connectivity index (χ1n) is 10.3. The number of carbonyl (C=O) groups excluding carboxylic acids is 1. The number of nitrogens with zero attached hydrogens (tertiary/aromatic N) is 5. The minimum absolute atomic E-state index is 0.0429. The number of rotatable bonds is 3. The van der Waals surface area contributed by atoms with Crippen molar-refractivity contribution in [1.29, 1.82) is 0 Å². The van der Waals surface area contributed by atoms with Crippen molar-refractivity contribution in [2.75, 3.05) is 6.54 Å². The highest BCUT2D eigenvalue weighted by molar-refractivity contribution is 6.31. The Hall–Kier alpha value is -3.39. The maximum atomic E-state index is 14.0. The van der Waals surface area contributed by atoms with Crippen molar-refractivity contribution in [2.24, 2.45) is 7.05 Å². The van der Waals surface area contributed by atoms with Gasteiger partial charge in [0.2, 0.25) is 0 Å². The van der Waals surface area contributed by atoms with E-state index < -0.39 is 5.82 Å². The molecule has 0 N–H and O–H groups in total. The van der Waals surface area contributed by atoms with Crippen molar-refractivity contribution < 1.29 is 9.18 Å². The summed E-state index contributed by atoms with van der Waals surface area (Å²) in [6.45, 7) is 4.54. The Morgan fingerprint density at radius 3 is 2.66 bits per heavy atom. The number of carbonyl (C=O) groups is 1. The monoisotopic (exact) mass is 453 g/mol. The predicted octanol–water partition coefficient (Wildman–Crippen LogP) is 3.84. The second-order valence-corrected chi connectivity index (χ2v) is 8.54. The molecule has 0 spiro atoms. The minimum atomic E-state index is -0.481. The van der Waals surface area contributed by atoms with Gasteiger partial charge >= 0.3 is 0 Å². The Morgan fingerprint density at radius 1 is 1.16 bits per heavy atom. The van der Waals surface area contributed by atoms with Crippen LogP contribution >= 0.6 is 11.6 Å². The second kappa shape index (κ2) is 7.34. The fourth-order valence-electron chi connectivity index (χ4n) is 4.46. The van der Waals surface area contributed by atoms with Crippen LogP contribution in [-0.2, 0) is 13.6 Å². The SMILES string of the molecule is Cc1cn(-c2ccc3n(c2=O)CCN(C(C)c2cn(C)c4cc(F)c(Cl)cc24)C3=O)cn1. The van der Waals surface area contributed by atoms with E-state index in [1.165, 1.54) is 10.6 Å². The van der Waals surface area contributed by atoms with Gasteiger partial charge in [0.25, 0.3) is 11.5 Å². The van der Waals surface area contributed by atoms with Crippen LogP contribution in [0.3, 0.4) is 0 Å². The molecule has 0 saturated carbocycles. The molecule has 3 aromatic heterocycles. The van der Waals surface area contributed by atoms with Gasteiger partial charge in [0, 0.05) is 37.9 Å². The Balaban J connectivity index is 1.53. The average molecular weight is 454 g/mol. The molecule has 5 rings (SSSR count). The molecule has 1 aliphatic rings. The first-order chi connectivity index (χ1) is 15.3. The molecule has 7 nitrogen and oxygen atoms in total. The Labute approximate surface area is 188 Å². The Kier molecular flexibility index (Phi) is 4.70. The number of aryl methyl sites for hydroxylation is 2. The highest BCUT2D eigenvalue weighted by atomic mass is 35.5. The molecule has 0 aliphatic carbocycles. The van der Waals surface area contributed by atoms with Gasteiger partial charge in [-0.2, -0.15) is 0 Å². The third-order valence-corrected chi connectivity index (χ3v) is 6.46. The first-order valence-corrected chi connectivity index (χ1v) is 10.6. The van der Waals surface area contributed by atoms with E-state index >= 15 is 0 Å². The summed E-state index contributed by atoms with van der Waals surface area (Å²) in [6.07, 6.45) is 5.26. The largest absolute Gasteiger partial charge is 0.350 e. The van der Waals surface area contributed by atoms with E-state index in [4.69, 9.17) is 11.6 Å². The molecule has 0 saturated heterocycles. The van der Waals surface area contributed by atoms with Crippen molar-refractivity contribution in [3.63, 3.8) is 0 Å². The van der Waals surface area contributed by atoms with Crippen LogP contribution in [-0.4, -0.2) is 36.0 Å². The first kappa shape index (κ1) is 20.5. The zero-order valence-corrected chi connectivity index (χ0v) is 18.6. The smallest absolute Gasteiger partial charge is 0.275 e. The number of aromatic nitrogens is 4. The molecule has 32 heavy (non-hydrogen) atoms. The Morgan fingerprint density at radius 2 is 1.94 bits per heavy atom. The van der Waals surface area contributed by atoms with Crippen LogP contribution in [0.1, 0.15) is 34.7 Å². The summed E-state index contributed by atoms with van der Waals surface area (Å²) in [5.74, 6) is -0.703. The summed E-state index contributed by atoms with van der Waals surface area (Å²) >= 11 is 6.03. The van der Waals surface area contributed by atoms with Gasteiger partial charge in [0.15, 0.2) is 0 Å². The van der Waals surface area contributed by atoms with Gasteiger partial charge in [-0.3, -0.25) is 9.59 Å². The molecule has 4 heterocycles. The van der Waals surface area contributed by atoms with Crippen LogP contribution in [0, 0.1) is 12.7 Å². The summed E-state index contributed by atoms with van der Waals surface area (Å²) in [6, 6.07) is 6.06. The topological polar surface area (TPSA) is 65.1 Å². The number of fused-ring (bicyclic) bond motifs is 2. The molecule has 164 valence electrons. The highest BCUT2D eigenvalue weighted by Gasteiger charge is 2.31. The fraction of sp³-hybridized carbons (Fsp3) is 0.261. The van der Waals surface area contributed by atoms with Gasteiger partial charge < -0.3 is 18.6 Å². The lowest BCUT2D eigenvalue weighted by Gasteiger charge is -2.34. The summed E-state index contributed by atoms with van der Waals surface area (Å²) in [5, 5.41) is 0.842. The maximum absolute atomic E-state index is 14.0. The van der Waals surface area contributed by atoms with E-state index in [-0.39, 0.29) is 22.5 Å². The number of halogens is 2. The summed E-state index contributed by atoms with van der Waals surface area (Å²) in [5.41, 5.74) is 2.95. The van der Waals surface area contributed by atoms with Gasteiger partial charge in [0.1, 0.15) is 17.2 Å². The third-order valence-electron chi connectivity index (χ3n) is 6.17. The van der Waals surface area contributed by atoms with Crippen LogP contribution < -0.4 is 5.56 Å². The number of benzene rings is 1. The van der Waals surface area contributed by atoms with Crippen molar-refractivity contribution in [1.82, 2.24) is 23.6 Å². The Bertz CT molecular complexity index is 1450. The van der Waals surface area contributed by atoms with Gasteiger partial charge in [-0.15, -0.1) is 0 Å². The molecule has 4 aromatic rings. The van der Waals surface area contributed by atoms with E-state index in [9.17, 15) is 14.0 Å². The van der Waals surface area contributed by atoms with E-state index in [1.807, 2.05) is 31.7 Å². The van der Waals surface area contributed by atoms with Gasteiger partial charge in [0.05, 0.1) is 28.6 Å². The lowest BCUT2D eigenvalue weighted by atomic mass is 10.0. The molecule has 9 heteroatoms. The number of hydrogen-bond acceptors (Lipinski definition) is 3. The molecule has 0 bridgehead atoms. The number of amides is 1. The summed E-state index contributed by atoms with van der Waals surface area (Å²) in [4.78, 5) is 32.3. The number of hydrogen-bond donors (Lipinski definition) is 0. The zero-order chi connectivity index (χ0) is 22.7. The van der Waals surface area contributed by atoms with E-state index in [0.717, 1.165) is 16.6 Å². The van der Waals surface area contributed by atoms with Gasteiger partial charge in [-0.25, -0.2) is 9.37 Å². The normalized spacial score (nSPS) is 14.8. The second-order valence-electron chi connectivity index (χ2n) is 8.14. The fourth-order valence-corrected chi connectivity index (χ4v) is 4.62. The molecular weight excluding hydrogens is 433 g/mol. The quantitative estimate of drug-likeness (QED) is 0.473. The third kappa shape index (κ3) is 3.05. The zero-order valence-electron chi connectivity index (χ0n) is 17.8. The molecule has 0 fully saturated rings. The standard InChI is InChI=1S/C23H21ClFN5O2/c1-13-10-28(12-26-13)19-4-5-20-23(32)29(6-7-30(20)22(19)31)14(2)16-11-27(3)21-9-18(25)17(24)8-15(16)21/h4-5,8-12,14H,6-7H2,1-3H3. The summed E-state index contributed by atoms with van der Waals surface area (Å²) < 4.78 is 19.0. The molecule has 1 unspecified atom stereocenters. The highest BCUT2D eigenvalue weighted by Crippen LogP contribution is 2.34. The number of pyridine rings is 1. The van der Waals surface area contributed by atoms with Crippen LogP contribution in [0.5, 0.6) is 0 Å². The average Bonchev–Trinajstić information content (AvgIpc) is 3.32. The summed E-state index contributed by atoms with van der Waals surface area (Å²) in [7, 11) is 1.83. The lowest BCUT2D eigenvalue weighted by Crippen LogP contribution is -2.45. The van der Waals surface area contributed by atoms with Gasteiger partial charge in [-0.1, -0.05) is 11.6 Å². The molecular formula is C23H21ClFN5O2. The van der Waals surface area contributed by atoms with E-state index in [0.29, 0.717) is 30.0 Å². The minimum Gasteiger partial charge on any atom is -0.350 e. The van der Waals surface area contributed by atoms with Crippen molar-refractivity contribution in [3.8, 4) is 5.69 Å². The maximum Gasteiger partial charge on any atom is 0.275 e. The molecule has 1 aromatic carbocycles. The van der Waals surface area contributed by atoms with Crippen LogP contribution in [0.4, 0.5) is 4.39 Å². The van der Waals surface area contributed by atoms with Crippen LogP contribution in [0.15, 0.2) is 47.8 Å². The van der Waals surface area contributed by atoms with Crippen molar-refractivity contribution >= 4 is 28.4 Å². The molecule has 1 aliphatic heterocycles. The predicted molar refractivity (Wildman–Crippen MR) is 120 cm³/mol. The molecule has 1 atom stereocenters. The van der Waals surface area contributed by atoms with E-state index in [2.05, 4.69) is 4.98 Å².